The number of likely N-dealkylation sites (N-methyl/N-ethyl adjacent to an activating group) is 1. The predicted molar refractivity (Wildman–Crippen MR) is 42.3 cm³/mol. The van der Waals surface area contributed by atoms with Gasteiger partial charge in [-0.1, -0.05) is 0 Å². The van der Waals surface area contributed by atoms with Crippen LogP contribution in [-0.4, -0.2) is 51.1 Å². The Labute approximate surface area is 77.2 Å². The third kappa shape index (κ3) is 52.9. The molecule has 0 rings (SSSR count). The summed E-state index contributed by atoms with van der Waals surface area (Å²) in [5, 5.41) is 12.2. The van der Waals surface area contributed by atoms with Crippen LogP contribution in [0.4, 0.5) is 0 Å². The highest BCUT2D eigenvalue weighted by Crippen LogP contribution is 1.84. The van der Waals surface area contributed by atoms with Gasteiger partial charge >= 0.3 is 10.3 Å². The molecular formula is C5H15N2O5S+. The summed E-state index contributed by atoms with van der Waals surface area (Å²) in [5.41, 5.74) is 0. The van der Waals surface area contributed by atoms with Gasteiger partial charge in [-0.3, -0.25) is 0 Å². The van der Waals surface area contributed by atoms with Gasteiger partial charge in [0.25, 0.3) is 0 Å². The number of carbonyl (C=O) groups excluding carboxylic acids is 1. The standard InChI is InChI=1S/C5H11NO2.H3NO3S/c1-6(2,3)4-5(7)8;1-5(2,3)4/h4H2,1-3H3;(H3,1,2,3,4)/p+1. The molecule has 0 saturated carbocycles. The quantitative estimate of drug-likeness (QED) is 0.365. The van der Waals surface area contributed by atoms with E-state index in [1.165, 1.54) is 0 Å². The number of carboxylic acids is 1. The number of rotatable bonds is 2. The maximum atomic E-state index is 9.89. The second kappa shape index (κ2) is 5.12. The molecule has 0 heterocycles. The van der Waals surface area contributed by atoms with E-state index in [-0.39, 0.29) is 6.54 Å². The first-order valence-electron chi connectivity index (χ1n) is 3.22. The van der Waals surface area contributed by atoms with E-state index in [2.05, 4.69) is 5.14 Å². The van der Waals surface area contributed by atoms with Gasteiger partial charge in [0.15, 0.2) is 0 Å². The van der Waals surface area contributed by atoms with Gasteiger partial charge in [-0.05, 0) is 0 Å². The fourth-order valence-corrected chi connectivity index (χ4v) is 0.387. The summed E-state index contributed by atoms with van der Waals surface area (Å²) in [4.78, 5) is 9.89. The number of carbonyl (C=O) groups is 1. The van der Waals surface area contributed by atoms with Crippen LogP contribution >= 0.6 is 0 Å². The molecule has 0 aromatic carbocycles. The average molecular weight is 215 g/mol. The van der Waals surface area contributed by atoms with E-state index in [1.807, 2.05) is 0 Å². The zero-order valence-corrected chi connectivity index (χ0v) is 8.67. The van der Waals surface area contributed by atoms with Crippen molar-refractivity contribution in [3.05, 3.63) is 0 Å². The Morgan fingerprint density at radius 3 is 1.69 bits per heavy atom. The van der Waals surface area contributed by atoms with Crippen molar-refractivity contribution in [3.63, 3.8) is 0 Å². The van der Waals surface area contributed by atoms with Crippen LogP contribution in [0.3, 0.4) is 0 Å². The first-order valence-corrected chi connectivity index (χ1v) is 4.83. The first-order chi connectivity index (χ1) is 5.42. The SMILES string of the molecule is C[N+](C)(C)CC(=O)[O-].[NH3+]S(=O)(=O)O. The van der Waals surface area contributed by atoms with E-state index in [9.17, 15) is 9.90 Å². The molecule has 4 N–H and O–H groups in total. The van der Waals surface area contributed by atoms with Gasteiger partial charge in [-0.2, -0.15) is 0 Å². The highest BCUT2D eigenvalue weighted by molar-refractivity contribution is 7.78. The van der Waals surface area contributed by atoms with Gasteiger partial charge < -0.3 is 14.4 Å². The lowest BCUT2D eigenvalue weighted by atomic mass is 10.5. The van der Waals surface area contributed by atoms with E-state index < -0.39 is 16.3 Å². The molecule has 0 fully saturated rings. The van der Waals surface area contributed by atoms with Gasteiger partial charge in [0.05, 0.1) is 27.1 Å². The molecule has 0 aliphatic carbocycles. The predicted octanol–water partition coefficient (Wildman–Crippen LogP) is -3.53. The number of carboxylic acid groups (broad SMARTS) is 1. The van der Waals surface area contributed by atoms with Gasteiger partial charge in [0, 0.05) is 0 Å². The molecule has 0 spiro atoms. The minimum absolute atomic E-state index is 0.0694. The third-order valence-electron chi connectivity index (χ3n) is 0.603. The third-order valence-corrected chi connectivity index (χ3v) is 0.603. The van der Waals surface area contributed by atoms with Crippen LogP contribution in [0.1, 0.15) is 0 Å². The van der Waals surface area contributed by atoms with Crippen molar-refractivity contribution >= 4 is 16.3 Å². The lowest BCUT2D eigenvalue weighted by Gasteiger charge is -2.23. The van der Waals surface area contributed by atoms with Crippen LogP contribution in [0, 0.1) is 0 Å². The molecule has 0 saturated heterocycles. The van der Waals surface area contributed by atoms with Crippen molar-refractivity contribution in [1.82, 2.24) is 0 Å². The van der Waals surface area contributed by atoms with Crippen molar-refractivity contribution < 1.29 is 32.5 Å². The Hall–Kier alpha value is -0.700. The van der Waals surface area contributed by atoms with Crippen LogP contribution < -0.4 is 10.2 Å². The van der Waals surface area contributed by atoms with Crippen molar-refractivity contribution in [1.29, 1.82) is 0 Å². The Kier molecular flexibility index (Phi) is 5.83. The Balaban J connectivity index is 0. The first kappa shape index (κ1) is 14.8. The summed E-state index contributed by atoms with van der Waals surface area (Å²) in [5.74, 6) is -1.00. The Morgan fingerprint density at radius 2 is 1.69 bits per heavy atom. The summed E-state index contributed by atoms with van der Waals surface area (Å²) in [6.07, 6.45) is 0. The van der Waals surface area contributed by atoms with Crippen LogP contribution in [0.25, 0.3) is 0 Å². The highest BCUT2D eigenvalue weighted by atomic mass is 32.2. The van der Waals surface area contributed by atoms with Crippen LogP contribution in [0.2, 0.25) is 0 Å². The lowest BCUT2D eigenvalue weighted by Crippen LogP contribution is -2.55. The molecular weight excluding hydrogens is 200 g/mol. The normalized spacial score (nSPS) is 11.5. The zero-order chi connectivity index (χ0) is 11.3. The summed E-state index contributed by atoms with van der Waals surface area (Å²) in [7, 11) is 1.49. The fraction of sp³-hybridized carbons (Fsp3) is 0.800. The van der Waals surface area contributed by atoms with E-state index >= 15 is 0 Å². The highest BCUT2D eigenvalue weighted by Gasteiger charge is 2.04. The molecule has 0 aromatic rings. The fourth-order valence-electron chi connectivity index (χ4n) is 0.387. The maximum Gasteiger partial charge on any atom is 0.428 e. The largest absolute Gasteiger partial charge is 0.544 e. The van der Waals surface area contributed by atoms with Gasteiger partial charge in [-0.15, -0.1) is 8.42 Å². The molecule has 0 amide bonds. The summed E-state index contributed by atoms with van der Waals surface area (Å²) >= 11 is 0. The van der Waals surface area contributed by atoms with Crippen molar-refractivity contribution in [3.8, 4) is 0 Å². The molecule has 0 unspecified atom stereocenters. The molecule has 8 heteroatoms. The number of nitrogens with zero attached hydrogens (tertiary/aromatic N) is 1. The molecule has 0 atom stereocenters. The molecule has 0 aromatic heterocycles. The second-order valence-electron chi connectivity index (χ2n) is 3.40. The van der Waals surface area contributed by atoms with E-state index in [0.29, 0.717) is 4.48 Å². The molecule has 0 radical (unpaired) electrons. The average Bonchev–Trinajstić information content (AvgIpc) is 1.47. The topological polar surface area (TPSA) is 122 Å². The lowest BCUT2D eigenvalue weighted by molar-refractivity contribution is -0.864. The minimum Gasteiger partial charge on any atom is -0.544 e. The Morgan fingerprint density at radius 1 is 1.46 bits per heavy atom. The van der Waals surface area contributed by atoms with E-state index in [0.717, 1.165) is 0 Å². The molecule has 0 bridgehead atoms. The summed E-state index contributed by atoms with van der Waals surface area (Å²) in [6.45, 7) is 0.0694. The van der Waals surface area contributed by atoms with Crippen LogP contribution in [0.5, 0.6) is 0 Å². The molecule has 0 aliphatic heterocycles. The molecule has 80 valence electrons. The summed E-state index contributed by atoms with van der Waals surface area (Å²) < 4.78 is 26.0. The monoisotopic (exact) mass is 215 g/mol. The van der Waals surface area contributed by atoms with Crippen molar-refractivity contribution in [2.24, 2.45) is 0 Å². The molecule has 0 aliphatic rings. The number of hydrogen-bond donors (Lipinski definition) is 2. The molecule has 7 nitrogen and oxygen atoms in total. The van der Waals surface area contributed by atoms with E-state index in [4.69, 9.17) is 13.0 Å². The maximum absolute atomic E-state index is 9.89. The van der Waals surface area contributed by atoms with E-state index in [1.54, 1.807) is 21.1 Å². The number of hydrogen-bond acceptors (Lipinski definition) is 4. The number of aliphatic carboxylic acids is 1. The zero-order valence-electron chi connectivity index (χ0n) is 7.85. The van der Waals surface area contributed by atoms with Crippen LogP contribution in [0.15, 0.2) is 0 Å². The second-order valence-corrected chi connectivity index (χ2v) is 4.57. The smallest absolute Gasteiger partial charge is 0.428 e. The minimum atomic E-state index is -3.92. The van der Waals surface area contributed by atoms with Gasteiger partial charge in [0.1, 0.15) is 6.54 Å². The Bertz CT molecular complexity index is 245. The van der Waals surface area contributed by atoms with Crippen molar-refractivity contribution in [2.45, 2.75) is 0 Å². The van der Waals surface area contributed by atoms with Crippen molar-refractivity contribution in [2.75, 3.05) is 27.7 Å². The number of quaternary nitrogens is 2. The van der Waals surface area contributed by atoms with Gasteiger partial charge in [0.2, 0.25) is 0 Å². The van der Waals surface area contributed by atoms with Crippen LogP contribution in [-0.2, 0) is 15.1 Å². The van der Waals surface area contributed by atoms with Gasteiger partial charge in [-0.25, -0.2) is 9.69 Å². The summed E-state index contributed by atoms with van der Waals surface area (Å²) in [6, 6.07) is 0. The molecule has 13 heavy (non-hydrogen) atoms.